The predicted molar refractivity (Wildman–Crippen MR) is 111 cm³/mol. The fourth-order valence-corrected chi connectivity index (χ4v) is 5.73. The van der Waals surface area contributed by atoms with Gasteiger partial charge in [0, 0.05) is 12.5 Å². The lowest BCUT2D eigenvalue weighted by molar-refractivity contribution is -0.115. The molecule has 0 bridgehead atoms. The summed E-state index contributed by atoms with van der Waals surface area (Å²) < 4.78 is 25.5. The van der Waals surface area contributed by atoms with Gasteiger partial charge in [-0.15, -0.1) is 16.8 Å². The molecule has 2 aromatic rings. The Labute approximate surface area is 173 Å². The van der Waals surface area contributed by atoms with Gasteiger partial charge in [0.2, 0.25) is 5.91 Å². The Morgan fingerprint density at radius 2 is 2.24 bits per heavy atom. The lowest BCUT2D eigenvalue weighted by Gasteiger charge is -2.14. The number of hydrogen-bond acceptors (Lipinski definition) is 7. The third-order valence-corrected chi connectivity index (χ3v) is 7.46. The van der Waals surface area contributed by atoms with E-state index in [1.54, 1.807) is 37.3 Å². The van der Waals surface area contributed by atoms with E-state index in [1.165, 1.54) is 11.8 Å². The molecule has 10 heteroatoms. The molecule has 29 heavy (non-hydrogen) atoms. The second-order valence-corrected chi connectivity index (χ2v) is 10.3. The topological polar surface area (TPSA) is 118 Å². The lowest BCUT2D eigenvalue weighted by Crippen LogP contribution is -2.23. The molecular weight excluding hydrogens is 410 g/mol. The first-order valence-corrected chi connectivity index (χ1v) is 11.8. The normalized spacial score (nSPS) is 18.7. The highest BCUT2D eigenvalue weighted by molar-refractivity contribution is 8.00. The molecule has 0 saturated carbocycles. The summed E-state index contributed by atoms with van der Waals surface area (Å²) in [5.74, 6) is 0.353. The van der Waals surface area contributed by atoms with Crippen molar-refractivity contribution < 1.29 is 13.2 Å². The fraction of sp³-hybridized carbons (Fsp3) is 0.368. The van der Waals surface area contributed by atoms with Crippen LogP contribution in [0, 0.1) is 11.3 Å². The zero-order valence-corrected chi connectivity index (χ0v) is 17.5. The molecule has 2 heterocycles. The molecule has 1 aliphatic rings. The molecule has 1 aliphatic heterocycles. The molecule has 3 rings (SSSR count). The average molecular weight is 432 g/mol. The van der Waals surface area contributed by atoms with Crippen LogP contribution in [0.4, 0.5) is 5.69 Å². The number of carbonyl (C=O) groups is 1. The number of allylic oxidation sites excluding steroid dienone is 1. The average Bonchev–Trinajstić information content (AvgIpc) is 3.25. The molecule has 0 aliphatic carbocycles. The number of sulfone groups is 1. The number of rotatable bonds is 7. The van der Waals surface area contributed by atoms with Gasteiger partial charge >= 0.3 is 0 Å². The van der Waals surface area contributed by atoms with Crippen molar-refractivity contribution in [2.75, 3.05) is 16.8 Å². The lowest BCUT2D eigenvalue weighted by atomic mass is 10.1. The number of aromatic nitrogens is 3. The zero-order valence-electron chi connectivity index (χ0n) is 15.9. The van der Waals surface area contributed by atoms with Gasteiger partial charge < -0.3 is 9.88 Å². The van der Waals surface area contributed by atoms with Gasteiger partial charge in [0.1, 0.15) is 11.9 Å². The van der Waals surface area contributed by atoms with Crippen LogP contribution in [0.1, 0.15) is 30.7 Å². The second-order valence-electron chi connectivity index (χ2n) is 6.75. The minimum Gasteiger partial charge on any atom is -0.324 e. The standard InChI is InChI=1S/C19H21N5O3S2/c1-3-9-24-17(15-8-10-29(26,27)12-15)22-23-19(24)28-13(2)18(25)21-16-7-5-4-6-14(16)11-20/h3-7,13,15H,1,8-10,12H2,2H3,(H,21,25)/t13-,15+/m1/s1. The first kappa shape index (κ1) is 21.1. The molecule has 0 unspecified atom stereocenters. The predicted octanol–water partition coefficient (Wildman–Crippen LogP) is 2.36. The van der Waals surface area contributed by atoms with Crippen molar-refractivity contribution in [2.24, 2.45) is 0 Å². The van der Waals surface area contributed by atoms with E-state index in [0.29, 0.717) is 35.2 Å². The van der Waals surface area contributed by atoms with E-state index in [9.17, 15) is 13.2 Å². The van der Waals surface area contributed by atoms with Crippen molar-refractivity contribution >= 4 is 33.2 Å². The Hall–Kier alpha value is -2.64. The largest absolute Gasteiger partial charge is 0.324 e. The van der Waals surface area contributed by atoms with Crippen LogP contribution in [0.2, 0.25) is 0 Å². The number of benzene rings is 1. The SMILES string of the molecule is C=CCn1c(S[C@H](C)C(=O)Nc2ccccc2C#N)nnc1[C@H]1CCS(=O)(=O)C1. The third kappa shape index (κ3) is 4.86. The highest BCUT2D eigenvalue weighted by Gasteiger charge is 2.33. The van der Waals surface area contributed by atoms with E-state index >= 15 is 0 Å². The van der Waals surface area contributed by atoms with Crippen molar-refractivity contribution in [3.05, 3.63) is 48.3 Å². The van der Waals surface area contributed by atoms with Crippen molar-refractivity contribution in [1.29, 1.82) is 5.26 Å². The molecule has 1 aromatic heterocycles. The van der Waals surface area contributed by atoms with Gasteiger partial charge in [0.25, 0.3) is 0 Å². The Bertz CT molecular complexity index is 1070. The Morgan fingerprint density at radius 1 is 1.48 bits per heavy atom. The van der Waals surface area contributed by atoms with Crippen LogP contribution < -0.4 is 5.32 Å². The van der Waals surface area contributed by atoms with E-state index < -0.39 is 15.1 Å². The molecule has 1 saturated heterocycles. The van der Waals surface area contributed by atoms with Crippen molar-refractivity contribution in [3.8, 4) is 6.07 Å². The van der Waals surface area contributed by atoms with Gasteiger partial charge in [-0.1, -0.05) is 30.0 Å². The summed E-state index contributed by atoms with van der Waals surface area (Å²) in [5, 5.41) is 20.4. The minimum atomic E-state index is -3.05. The monoisotopic (exact) mass is 431 g/mol. The number of para-hydroxylation sites is 1. The van der Waals surface area contributed by atoms with E-state index in [0.717, 1.165) is 0 Å². The quantitative estimate of drug-likeness (QED) is 0.528. The zero-order chi connectivity index (χ0) is 21.0. The van der Waals surface area contributed by atoms with Crippen LogP contribution in [-0.2, 0) is 21.2 Å². The number of nitrogens with one attached hydrogen (secondary N) is 1. The summed E-state index contributed by atoms with van der Waals surface area (Å²) in [6.45, 7) is 5.91. The molecule has 1 aromatic carbocycles. The van der Waals surface area contributed by atoms with Gasteiger partial charge in [-0.25, -0.2) is 8.42 Å². The van der Waals surface area contributed by atoms with Crippen LogP contribution in [-0.4, -0.2) is 45.8 Å². The summed E-state index contributed by atoms with van der Waals surface area (Å²) in [4.78, 5) is 12.6. The van der Waals surface area contributed by atoms with Crippen LogP contribution in [0.15, 0.2) is 42.1 Å². The number of anilines is 1. The summed E-state index contributed by atoms with van der Waals surface area (Å²) >= 11 is 1.23. The molecule has 1 amide bonds. The Kier molecular flexibility index (Phi) is 6.39. The molecule has 152 valence electrons. The van der Waals surface area contributed by atoms with E-state index in [2.05, 4.69) is 22.1 Å². The van der Waals surface area contributed by atoms with Crippen LogP contribution in [0.25, 0.3) is 0 Å². The molecule has 1 N–H and O–H groups in total. The first-order valence-electron chi connectivity index (χ1n) is 9.05. The summed E-state index contributed by atoms with van der Waals surface area (Å²) in [5.41, 5.74) is 0.842. The highest BCUT2D eigenvalue weighted by Crippen LogP contribution is 2.31. The van der Waals surface area contributed by atoms with Crippen LogP contribution >= 0.6 is 11.8 Å². The molecule has 0 spiro atoms. The smallest absolute Gasteiger partial charge is 0.237 e. The Balaban J connectivity index is 1.76. The van der Waals surface area contributed by atoms with Crippen molar-refractivity contribution in [2.45, 2.75) is 36.2 Å². The molecule has 0 radical (unpaired) electrons. The van der Waals surface area contributed by atoms with Gasteiger partial charge in [0.05, 0.1) is 28.0 Å². The number of carbonyl (C=O) groups excluding carboxylic acids is 1. The minimum absolute atomic E-state index is 0.0634. The molecule has 1 fully saturated rings. The fourth-order valence-electron chi connectivity index (χ4n) is 3.12. The summed E-state index contributed by atoms with van der Waals surface area (Å²) in [7, 11) is -3.05. The molecular formula is C19H21N5O3S2. The highest BCUT2D eigenvalue weighted by atomic mass is 32.2. The number of nitriles is 1. The number of nitrogens with zero attached hydrogens (tertiary/aromatic N) is 4. The van der Waals surface area contributed by atoms with Gasteiger partial charge in [-0.2, -0.15) is 5.26 Å². The van der Waals surface area contributed by atoms with E-state index in [4.69, 9.17) is 5.26 Å². The van der Waals surface area contributed by atoms with Crippen LogP contribution in [0.3, 0.4) is 0 Å². The number of amides is 1. The number of hydrogen-bond donors (Lipinski definition) is 1. The van der Waals surface area contributed by atoms with E-state index in [1.807, 2.05) is 10.6 Å². The first-order chi connectivity index (χ1) is 13.8. The Morgan fingerprint density at radius 3 is 2.90 bits per heavy atom. The molecule has 8 nitrogen and oxygen atoms in total. The van der Waals surface area contributed by atoms with Gasteiger partial charge in [-0.3, -0.25) is 4.79 Å². The maximum absolute atomic E-state index is 12.6. The van der Waals surface area contributed by atoms with Crippen LogP contribution in [0.5, 0.6) is 0 Å². The van der Waals surface area contributed by atoms with Crippen molar-refractivity contribution in [1.82, 2.24) is 14.8 Å². The van der Waals surface area contributed by atoms with E-state index in [-0.39, 0.29) is 23.3 Å². The maximum atomic E-state index is 12.6. The second kappa shape index (κ2) is 8.80. The van der Waals surface area contributed by atoms with Gasteiger partial charge in [-0.05, 0) is 25.5 Å². The van der Waals surface area contributed by atoms with Gasteiger partial charge in [0.15, 0.2) is 15.0 Å². The number of thioether (sulfide) groups is 1. The summed E-state index contributed by atoms with van der Waals surface area (Å²) in [6, 6.07) is 8.83. The van der Waals surface area contributed by atoms with Crippen molar-refractivity contribution in [3.63, 3.8) is 0 Å². The summed E-state index contributed by atoms with van der Waals surface area (Å²) in [6.07, 6.45) is 2.21. The molecule has 2 atom stereocenters. The third-order valence-electron chi connectivity index (χ3n) is 4.61. The maximum Gasteiger partial charge on any atom is 0.237 e.